The molecule has 0 bridgehead atoms. The molecule has 1 aliphatic heterocycles. The van der Waals surface area contributed by atoms with Crippen LogP contribution in [-0.4, -0.2) is 39.9 Å². The third kappa shape index (κ3) is 4.04. The van der Waals surface area contributed by atoms with Gasteiger partial charge >= 0.3 is 5.97 Å². The average Bonchev–Trinajstić information content (AvgIpc) is 3.20. The number of ether oxygens (including phenoxy) is 1. The molecular weight excluding hydrogens is 418 g/mol. The topological polar surface area (TPSA) is 84.7 Å². The zero-order valence-electron chi connectivity index (χ0n) is 19.4. The third-order valence-corrected chi connectivity index (χ3v) is 6.39. The van der Waals surface area contributed by atoms with Gasteiger partial charge in [0.2, 0.25) is 0 Å². The first-order valence-electron chi connectivity index (χ1n) is 11.2. The molecule has 172 valence electrons. The van der Waals surface area contributed by atoms with Crippen LogP contribution in [0.5, 0.6) is 0 Å². The zero-order chi connectivity index (χ0) is 23.8. The molecule has 3 aromatic rings. The van der Waals surface area contributed by atoms with Gasteiger partial charge < -0.3 is 14.7 Å². The van der Waals surface area contributed by atoms with E-state index in [9.17, 15) is 14.7 Å². The Bertz CT molecular complexity index is 1200. The highest BCUT2D eigenvalue weighted by atomic mass is 16.5. The average molecular weight is 448 g/mol. The number of hydrogen-bond donors (Lipinski definition) is 1. The van der Waals surface area contributed by atoms with Crippen LogP contribution in [0.1, 0.15) is 53.6 Å². The highest BCUT2D eigenvalue weighted by Gasteiger charge is 2.46. The van der Waals surface area contributed by atoms with E-state index in [0.717, 1.165) is 16.9 Å². The summed E-state index contributed by atoms with van der Waals surface area (Å²) in [6.45, 7) is 7.77. The van der Waals surface area contributed by atoms with E-state index < -0.39 is 17.5 Å². The monoisotopic (exact) mass is 447 g/mol. The first-order chi connectivity index (χ1) is 15.8. The summed E-state index contributed by atoms with van der Waals surface area (Å²) in [6.07, 6.45) is 1.07. The Hall–Kier alpha value is -3.45. The normalized spacial score (nSPS) is 20.2. The summed E-state index contributed by atoms with van der Waals surface area (Å²) >= 11 is 0. The maximum absolute atomic E-state index is 13.7. The number of amides is 1. The molecule has 0 saturated heterocycles. The number of para-hydroxylation sites is 1. The number of carbonyl (C=O) groups is 2. The van der Waals surface area contributed by atoms with E-state index in [1.54, 1.807) is 41.6 Å². The van der Waals surface area contributed by atoms with E-state index in [0.29, 0.717) is 16.8 Å². The number of rotatable bonds is 4. The Balaban J connectivity index is 1.71. The van der Waals surface area contributed by atoms with E-state index in [2.05, 4.69) is 5.10 Å². The third-order valence-electron chi connectivity index (χ3n) is 6.39. The largest absolute Gasteiger partial charge is 0.465 e. The Morgan fingerprint density at radius 3 is 2.61 bits per heavy atom. The fourth-order valence-corrected chi connectivity index (χ4v) is 4.36. The lowest BCUT2D eigenvalue weighted by atomic mass is 9.78. The zero-order valence-corrected chi connectivity index (χ0v) is 19.4. The summed E-state index contributed by atoms with van der Waals surface area (Å²) in [5.41, 5.74) is 3.16. The lowest BCUT2D eigenvalue weighted by Crippen LogP contribution is -2.38. The molecule has 2 atom stereocenters. The van der Waals surface area contributed by atoms with Crippen molar-refractivity contribution in [1.29, 1.82) is 0 Å². The van der Waals surface area contributed by atoms with E-state index in [1.807, 2.05) is 50.4 Å². The van der Waals surface area contributed by atoms with Crippen molar-refractivity contribution in [2.24, 2.45) is 5.41 Å². The first-order valence-corrected chi connectivity index (χ1v) is 11.2. The van der Waals surface area contributed by atoms with Gasteiger partial charge in [-0.1, -0.05) is 18.2 Å². The molecule has 1 aromatic heterocycles. The van der Waals surface area contributed by atoms with Crippen LogP contribution in [0.25, 0.3) is 5.69 Å². The smallest absolute Gasteiger partial charge is 0.314 e. The van der Waals surface area contributed by atoms with Gasteiger partial charge in [0.15, 0.2) is 0 Å². The minimum atomic E-state index is -1.15. The summed E-state index contributed by atoms with van der Waals surface area (Å²) in [5.74, 6) is -0.639. The number of nitrogens with zero attached hydrogens (tertiary/aromatic N) is 3. The van der Waals surface area contributed by atoms with Gasteiger partial charge in [0.25, 0.3) is 5.91 Å². The van der Waals surface area contributed by atoms with Crippen molar-refractivity contribution in [2.75, 3.05) is 18.1 Å². The summed E-state index contributed by atoms with van der Waals surface area (Å²) in [6, 6.07) is 14.7. The summed E-state index contributed by atoms with van der Waals surface area (Å²) in [7, 11) is 0. The number of hydrogen-bond acceptors (Lipinski definition) is 5. The van der Waals surface area contributed by atoms with Gasteiger partial charge in [-0.3, -0.25) is 9.59 Å². The molecule has 0 radical (unpaired) electrons. The van der Waals surface area contributed by atoms with Crippen LogP contribution in [0.2, 0.25) is 0 Å². The summed E-state index contributed by atoms with van der Waals surface area (Å²) in [5, 5.41) is 15.6. The van der Waals surface area contributed by atoms with Crippen molar-refractivity contribution in [3.05, 3.63) is 77.1 Å². The van der Waals surface area contributed by atoms with E-state index in [4.69, 9.17) is 4.74 Å². The van der Waals surface area contributed by atoms with Crippen LogP contribution >= 0.6 is 0 Å². The van der Waals surface area contributed by atoms with Crippen molar-refractivity contribution >= 4 is 17.6 Å². The Labute approximate surface area is 193 Å². The predicted octanol–water partition coefficient (Wildman–Crippen LogP) is 4.14. The second-order valence-electron chi connectivity index (χ2n) is 8.71. The molecular formula is C26H29N3O4. The van der Waals surface area contributed by atoms with Crippen molar-refractivity contribution in [1.82, 2.24) is 9.78 Å². The quantitative estimate of drug-likeness (QED) is 0.608. The van der Waals surface area contributed by atoms with Gasteiger partial charge in [-0.2, -0.15) is 5.10 Å². The van der Waals surface area contributed by atoms with Gasteiger partial charge in [-0.25, -0.2) is 4.68 Å². The number of carbonyl (C=O) groups excluding carboxylic acids is 2. The minimum Gasteiger partial charge on any atom is -0.465 e. The van der Waals surface area contributed by atoms with Crippen LogP contribution in [0.4, 0.5) is 5.69 Å². The molecule has 0 spiro atoms. The number of aryl methyl sites for hydroxylation is 2. The van der Waals surface area contributed by atoms with Gasteiger partial charge in [-0.05, 0) is 70.0 Å². The minimum absolute atomic E-state index is 0.177. The molecule has 4 rings (SSSR count). The Kier molecular flexibility index (Phi) is 6.08. The standard InChI is InChI=1S/C26H29N3O4/c1-5-33-25(32)26(4)13-15-28(22-9-7-6-8-21(22)23(26)30)24(31)20-11-10-19(16-17(20)2)29-14-12-18(3)27-29/h6-12,14,16,23,30H,5,13,15H2,1-4H3/t23?,26-/m1/s1. The number of aliphatic hydroxyl groups is 1. The molecule has 1 aliphatic rings. The van der Waals surface area contributed by atoms with Gasteiger partial charge in [-0.15, -0.1) is 0 Å². The van der Waals surface area contributed by atoms with Crippen LogP contribution in [0.15, 0.2) is 54.7 Å². The van der Waals surface area contributed by atoms with Gasteiger partial charge in [0, 0.05) is 29.6 Å². The molecule has 0 aliphatic carbocycles. The van der Waals surface area contributed by atoms with Gasteiger partial charge in [0.05, 0.1) is 29.5 Å². The maximum atomic E-state index is 13.7. The summed E-state index contributed by atoms with van der Waals surface area (Å²) in [4.78, 5) is 28.1. The fraction of sp³-hybridized carbons (Fsp3) is 0.346. The second kappa shape index (κ2) is 8.83. The molecule has 7 nitrogen and oxygen atoms in total. The summed E-state index contributed by atoms with van der Waals surface area (Å²) < 4.78 is 7.05. The fourth-order valence-electron chi connectivity index (χ4n) is 4.36. The molecule has 0 fully saturated rings. The molecule has 1 unspecified atom stereocenters. The van der Waals surface area contributed by atoms with Crippen LogP contribution < -0.4 is 4.90 Å². The van der Waals surface area contributed by atoms with E-state index in [1.165, 1.54) is 0 Å². The molecule has 33 heavy (non-hydrogen) atoms. The van der Waals surface area contributed by atoms with Crippen molar-refractivity contribution in [3.8, 4) is 5.69 Å². The number of anilines is 1. The van der Waals surface area contributed by atoms with Crippen molar-refractivity contribution in [2.45, 2.75) is 40.2 Å². The lowest BCUT2D eigenvalue weighted by molar-refractivity contribution is -0.162. The molecule has 1 N–H and O–H groups in total. The molecule has 1 amide bonds. The number of esters is 1. The number of benzene rings is 2. The second-order valence-corrected chi connectivity index (χ2v) is 8.71. The number of aromatic nitrogens is 2. The van der Waals surface area contributed by atoms with E-state index >= 15 is 0 Å². The molecule has 0 saturated carbocycles. The first kappa shape index (κ1) is 22.7. The molecule has 7 heteroatoms. The van der Waals surface area contributed by atoms with E-state index in [-0.39, 0.29) is 25.5 Å². The molecule has 2 heterocycles. The van der Waals surface area contributed by atoms with Crippen LogP contribution in [0.3, 0.4) is 0 Å². The highest BCUT2D eigenvalue weighted by Crippen LogP contribution is 2.45. The maximum Gasteiger partial charge on any atom is 0.314 e. The Morgan fingerprint density at radius 2 is 1.94 bits per heavy atom. The number of aliphatic hydroxyl groups excluding tert-OH is 1. The SMILES string of the molecule is CCOC(=O)[C@]1(C)CCN(C(=O)c2ccc(-n3ccc(C)n3)cc2C)c2ccccc2C1O. The van der Waals surface area contributed by atoms with Gasteiger partial charge in [0.1, 0.15) is 0 Å². The lowest BCUT2D eigenvalue weighted by Gasteiger charge is -2.30. The van der Waals surface area contributed by atoms with Crippen LogP contribution in [-0.2, 0) is 9.53 Å². The number of fused-ring (bicyclic) bond motifs is 1. The predicted molar refractivity (Wildman–Crippen MR) is 125 cm³/mol. The molecule has 2 aromatic carbocycles. The van der Waals surface area contributed by atoms with Crippen molar-refractivity contribution < 1.29 is 19.4 Å². The highest BCUT2D eigenvalue weighted by molar-refractivity contribution is 6.07. The van der Waals surface area contributed by atoms with Crippen LogP contribution in [0, 0.1) is 19.3 Å². The van der Waals surface area contributed by atoms with Crippen molar-refractivity contribution in [3.63, 3.8) is 0 Å². The Morgan fingerprint density at radius 1 is 1.18 bits per heavy atom.